The van der Waals surface area contributed by atoms with Crippen molar-refractivity contribution >= 4 is 5.97 Å². The molecule has 2 N–H and O–H groups in total. The van der Waals surface area contributed by atoms with Crippen molar-refractivity contribution in [3.8, 4) is 11.8 Å². The second-order valence-corrected chi connectivity index (χ2v) is 5.72. The molecule has 0 aliphatic heterocycles. The Labute approximate surface area is 130 Å². The lowest BCUT2D eigenvalue weighted by molar-refractivity contribution is -0.137. The normalized spacial score (nSPS) is 11.7. The van der Waals surface area contributed by atoms with Crippen molar-refractivity contribution in [2.45, 2.75) is 96.5 Å². The van der Waals surface area contributed by atoms with Crippen LogP contribution in [0.15, 0.2) is 0 Å². The number of aliphatic hydroxyl groups excluding tert-OH is 1. The SMILES string of the molecule is CCCCCCC(O)CC#CCCCCCCCC(=O)O. The Morgan fingerprint density at radius 1 is 0.952 bits per heavy atom. The molecule has 1 unspecified atom stereocenters. The summed E-state index contributed by atoms with van der Waals surface area (Å²) in [4.78, 5) is 10.3. The topological polar surface area (TPSA) is 57.5 Å². The summed E-state index contributed by atoms with van der Waals surface area (Å²) < 4.78 is 0. The average Bonchev–Trinajstić information content (AvgIpc) is 2.45. The molecular formula is C18H32O3. The van der Waals surface area contributed by atoms with Gasteiger partial charge in [-0.2, -0.15) is 0 Å². The summed E-state index contributed by atoms with van der Waals surface area (Å²) in [6, 6.07) is 0. The first kappa shape index (κ1) is 20.0. The van der Waals surface area contributed by atoms with E-state index in [2.05, 4.69) is 18.8 Å². The number of unbranched alkanes of at least 4 members (excludes halogenated alkanes) is 8. The highest BCUT2D eigenvalue weighted by Crippen LogP contribution is 2.08. The highest BCUT2D eigenvalue weighted by atomic mass is 16.4. The molecule has 1 atom stereocenters. The lowest BCUT2D eigenvalue weighted by Gasteiger charge is -2.05. The van der Waals surface area contributed by atoms with Gasteiger partial charge in [-0.15, -0.1) is 11.8 Å². The van der Waals surface area contributed by atoms with Crippen LogP contribution in [-0.4, -0.2) is 22.3 Å². The van der Waals surface area contributed by atoms with Gasteiger partial charge < -0.3 is 10.2 Å². The fourth-order valence-electron chi connectivity index (χ4n) is 2.21. The van der Waals surface area contributed by atoms with Gasteiger partial charge >= 0.3 is 5.97 Å². The van der Waals surface area contributed by atoms with E-state index in [-0.39, 0.29) is 12.5 Å². The standard InChI is InChI=1S/C18H32O3/c1-2-3-4-11-14-17(19)15-12-9-7-5-6-8-10-13-16-18(20)21/h17,19H,2-8,10-11,13-16H2,1H3,(H,20,21). The molecule has 0 aliphatic carbocycles. The van der Waals surface area contributed by atoms with Crippen LogP contribution >= 0.6 is 0 Å². The van der Waals surface area contributed by atoms with Gasteiger partial charge in [0.05, 0.1) is 6.10 Å². The number of hydrogen-bond donors (Lipinski definition) is 2. The molecule has 0 aromatic rings. The molecule has 0 rings (SSSR count). The third-order valence-corrected chi connectivity index (χ3v) is 3.55. The summed E-state index contributed by atoms with van der Waals surface area (Å²) in [5.41, 5.74) is 0. The first-order chi connectivity index (χ1) is 10.2. The quantitative estimate of drug-likeness (QED) is 0.388. The monoisotopic (exact) mass is 296 g/mol. The van der Waals surface area contributed by atoms with Crippen LogP contribution in [0.4, 0.5) is 0 Å². The minimum absolute atomic E-state index is 0.259. The van der Waals surface area contributed by atoms with Crippen molar-refractivity contribution in [1.82, 2.24) is 0 Å². The third kappa shape index (κ3) is 16.9. The van der Waals surface area contributed by atoms with Crippen molar-refractivity contribution in [2.75, 3.05) is 0 Å². The first-order valence-corrected chi connectivity index (χ1v) is 8.52. The van der Waals surface area contributed by atoms with Gasteiger partial charge in [-0.3, -0.25) is 4.79 Å². The number of aliphatic carboxylic acids is 1. The predicted molar refractivity (Wildman–Crippen MR) is 87.1 cm³/mol. The van der Waals surface area contributed by atoms with Gasteiger partial charge in [-0.1, -0.05) is 51.9 Å². The molecule has 21 heavy (non-hydrogen) atoms. The van der Waals surface area contributed by atoms with E-state index in [1.54, 1.807) is 0 Å². The summed E-state index contributed by atoms with van der Waals surface area (Å²) in [5.74, 6) is 5.49. The van der Waals surface area contributed by atoms with Gasteiger partial charge in [0.1, 0.15) is 0 Å². The second-order valence-electron chi connectivity index (χ2n) is 5.72. The van der Waals surface area contributed by atoms with Gasteiger partial charge in [-0.05, 0) is 19.3 Å². The van der Waals surface area contributed by atoms with E-state index < -0.39 is 5.97 Å². The van der Waals surface area contributed by atoms with Gasteiger partial charge in [0.25, 0.3) is 0 Å². The van der Waals surface area contributed by atoms with E-state index in [1.165, 1.54) is 19.3 Å². The van der Waals surface area contributed by atoms with Crippen LogP contribution < -0.4 is 0 Å². The number of carboxylic acids is 1. The summed E-state index contributed by atoms with van der Waals surface area (Å²) >= 11 is 0. The van der Waals surface area contributed by atoms with Crippen molar-refractivity contribution in [3.63, 3.8) is 0 Å². The molecule has 0 saturated carbocycles. The Hall–Kier alpha value is -1.01. The number of carbonyl (C=O) groups is 1. The molecule has 122 valence electrons. The van der Waals surface area contributed by atoms with Crippen LogP contribution in [0.1, 0.15) is 90.4 Å². The van der Waals surface area contributed by atoms with Crippen molar-refractivity contribution < 1.29 is 15.0 Å². The Kier molecular flexibility index (Phi) is 14.6. The lowest BCUT2D eigenvalue weighted by Crippen LogP contribution is -2.04. The fourth-order valence-corrected chi connectivity index (χ4v) is 2.21. The molecule has 3 nitrogen and oxygen atoms in total. The molecule has 0 aromatic carbocycles. The number of rotatable bonds is 13. The highest BCUT2D eigenvalue weighted by molar-refractivity contribution is 5.66. The summed E-state index contributed by atoms with van der Waals surface area (Å²) in [6.07, 6.45) is 12.3. The van der Waals surface area contributed by atoms with E-state index in [4.69, 9.17) is 5.11 Å². The minimum Gasteiger partial charge on any atom is -0.481 e. The third-order valence-electron chi connectivity index (χ3n) is 3.55. The van der Waals surface area contributed by atoms with E-state index in [0.717, 1.165) is 51.4 Å². The molecule has 3 heteroatoms. The lowest BCUT2D eigenvalue weighted by atomic mass is 10.1. The molecule has 0 saturated heterocycles. The Morgan fingerprint density at radius 2 is 1.62 bits per heavy atom. The Bertz CT molecular complexity index is 301. The van der Waals surface area contributed by atoms with Gasteiger partial charge in [0.15, 0.2) is 0 Å². The fraction of sp³-hybridized carbons (Fsp3) is 0.833. The molecule has 0 amide bonds. The molecule has 0 spiro atoms. The zero-order chi connectivity index (χ0) is 15.8. The van der Waals surface area contributed by atoms with Crippen molar-refractivity contribution in [3.05, 3.63) is 0 Å². The maximum absolute atomic E-state index is 10.3. The van der Waals surface area contributed by atoms with Crippen LogP contribution in [0.3, 0.4) is 0 Å². The number of hydrogen-bond acceptors (Lipinski definition) is 2. The number of aliphatic hydroxyl groups is 1. The Balaban J connectivity index is 3.31. The highest BCUT2D eigenvalue weighted by Gasteiger charge is 2.00. The van der Waals surface area contributed by atoms with Gasteiger partial charge in [0.2, 0.25) is 0 Å². The van der Waals surface area contributed by atoms with Gasteiger partial charge in [-0.25, -0.2) is 0 Å². The smallest absolute Gasteiger partial charge is 0.303 e. The number of carboxylic acid groups (broad SMARTS) is 1. The summed E-state index contributed by atoms with van der Waals surface area (Å²) in [5, 5.41) is 18.2. The largest absolute Gasteiger partial charge is 0.481 e. The van der Waals surface area contributed by atoms with E-state index in [0.29, 0.717) is 6.42 Å². The average molecular weight is 296 g/mol. The van der Waals surface area contributed by atoms with Crippen LogP contribution in [0.2, 0.25) is 0 Å². The molecule has 0 aromatic heterocycles. The molecule has 0 heterocycles. The van der Waals surface area contributed by atoms with Gasteiger partial charge in [0, 0.05) is 19.3 Å². The molecule has 0 radical (unpaired) electrons. The van der Waals surface area contributed by atoms with E-state index >= 15 is 0 Å². The Morgan fingerprint density at radius 3 is 2.33 bits per heavy atom. The van der Waals surface area contributed by atoms with Crippen LogP contribution in [0.5, 0.6) is 0 Å². The van der Waals surface area contributed by atoms with Crippen LogP contribution in [0.25, 0.3) is 0 Å². The molecule has 0 aliphatic rings. The van der Waals surface area contributed by atoms with E-state index in [9.17, 15) is 9.90 Å². The molecule has 0 fully saturated rings. The predicted octanol–water partition coefficient (Wildman–Crippen LogP) is 4.53. The van der Waals surface area contributed by atoms with Crippen LogP contribution in [-0.2, 0) is 4.79 Å². The summed E-state index contributed by atoms with van der Waals surface area (Å²) in [6.45, 7) is 2.19. The van der Waals surface area contributed by atoms with Crippen molar-refractivity contribution in [1.29, 1.82) is 0 Å². The zero-order valence-electron chi connectivity index (χ0n) is 13.6. The zero-order valence-corrected chi connectivity index (χ0v) is 13.6. The minimum atomic E-state index is -0.700. The summed E-state index contributed by atoms with van der Waals surface area (Å²) in [7, 11) is 0. The second kappa shape index (κ2) is 15.4. The van der Waals surface area contributed by atoms with Crippen LogP contribution in [0, 0.1) is 11.8 Å². The molecular weight excluding hydrogens is 264 g/mol. The maximum Gasteiger partial charge on any atom is 0.303 e. The van der Waals surface area contributed by atoms with E-state index in [1.807, 2.05) is 0 Å². The molecule has 0 bridgehead atoms. The van der Waals surface area contributed by atoms with Crippen molar-refractivity contribution in [2.24, 2.45) is 0 Å². The first-order valence-electron chi connectivity index (χ1n) is 8.52. The maximum atomic E-state index is 10.3.